The number of nitrogens with zero attached hydrogens (tertiary/aromatic N) is 4. The number of cyclic esters (lactones) is 1. The molecule has 12 heteroatoms. The molecule has 3 N–H and O–H groups in total. The third kappa shape index (κ3) is 5.77. The lowest BCUT2D eigenvalue weighted by molar-refractivity contribution is -0.197. The maximum absolute atomic E-state index is 13.9. The highest BCUT2D eigenvalue weighted by molar-refractivity contribution is 5.95. The maximum atomic E-state index is 13.9. The monoisotopic (exact) mass is 715 g/mol. The molecule has 280 valence electrons. The summed E-state index contributed by atoms with van der Waals surface area (Å²) < 4.78 is 18.3. The molecular formula is C40H53N5O7. The third-order valence-corrected chi connectivity index (χ3v) is 13.8. The Kier molecular flexibility index (Phi) is 9.23. The van der Waals surface area contributed by atoms with Crippen molar-refractivity contribution in [2.45, 2.75) is 88.9 Å². The topological polar surface area (TPSA) is 140 Å². The van der Waals surface area contributed by atoms with Crippen molar-refractivity contribution in [2.24, 2.45) is 22.7 Å². The van der Waals surface area contributed by atoms with Gasteiger partial charge in [0.2, 0.25) is 5.91 Å². The van der Waals surface area contributed by atoms with Crippen LogP contribution in [0.2, 0.25) is 0 Å². The molecule has 1 aromatic heterocycles. The number of nitrogens with one attached hydrogen (secondary N) is 1. The Labute approximate surface area is 306 Å². The standard InChI is InChI=1S/C40H53N5O7/c1-5-29-36(48)45-22-25(9-10-35(45)43(29)4)18-26-19-27(37(49)52-26)28(42-34-8-6-7-13-41-34)20-31-38(2)12-11-33(47)39(3,23-46)30(38)21-32(40(31)24-51-40)44-14-16-50-17-15-44/h6-10,13,18-19,22,28-33,35,46-47H,5,11-12,14-17,20-21,23-24H2,1-4H3,(H,41,42)/t28?,29?,30?,31?,32?,33-,35?,38+,39+,40?/m1/s1. The quantitative estimate of drug-likeness (QED) is 0.257. The van der Waals surface area contributed by atoms with E-state index in [1.165, 1.54) is 0 Å². The first-order valence-corrected chi connectivity index (χ1v) is 19.0. The lowest BCUT2D eigenvalue weighted by Crippen LogP contribution is -2.68. The van der Waals surface area contributed by atoms with E-state index in [9.17, 15) is 19.8 Å². The number of anilines is 1. The van der Waals surface area contributed by atoms with Crippen LogP contribution in [-0.4, -0.2) is 124 Å². The number of epoxide rings is 1. The fraction of sp³-hybridized carbons (Fsp3) is 0.625. The normalized spacial score (nSPS) is 40.3. The number of ether oxygens (including phenoxy) is 3. The van der Waals surface area contributed by atoms with Crippen molar-refractivity contribution < 1.29 is 34.0 Å². The molecular weight excluding hydrogens is 662 g/mol. The molecule has 0 bridgehead atoms. The number of carbonyl (C=O) groups excluding carboxylic acids is 2. The van der Waals surface area contributed by atoms with Gasteiger partial charge in [-0.2, -0.15) is 0 Å². The Morgan fingerprint density at radius 3 is 2.67 bits per heavy atom. The Morgan fingerprint density at radius 1 is 1.19 bits per heavy atom. The fourth-order valence-electron chi connectivity index (χ4n) is 10.8. The van der Waals surface area contributed by atoms with Crippen molar-refractivity contribution in [3.05, 3.63) is 71.8 Å². The minimum Gasteiger partial charge on any atom is -0.423 e. The molecule has 2 aliphatic carbocycles. The van der Waals surface area contributed by atoms with Crippen LogP contribution in [0.15, 0.2) is 71.8 Å². The van der Waals surface area contributed by atoms with Crippen molar-refractivity contribution in [1.82, 2.24) is 19.7 Å². The Bertz CT molecular complexity index is 1690. The van der Waals surface area contributed by atoms with Crippen LogP contribution in [0.5, 0.6) is 0 Å². The molecule has 0 radical (unpaired) electrons. The number of allylic oxidation sites excluding steroid dienone is 4. The molecule has 1 spiro atoms. The first kappa shape index (κ1) is 35.6. The highest BCUT2D eigenvalue weighted by Gasteiger charge is 2.71. The number of carbonyl (C=O) groups is 2. The second-order valence-electron chi connectivity index (χ2n) is 16.4. The molecule has 7 unspecified atom stereocenters. The lowest BCUT2D eigenvalue weighted by Gasteiger charge is -2.64. The Hall–Kier alpha value is -3.39. The minimum atomic E-state index is -0.680. The molecule has 1 aromatic rings. The van der Waals surface area contributed by atoms with E-state index >= 15 is 0 Å². The van der Waals surface area contributed by atoms with Crippen molar-refractivity contribution in [3.63, 3.8) is 0 Å². The Morgan fingerprint density at radius 2 is 1.98 bits per heavy atom. The number of aliphatic hydroxyl groups is 2. The van der Waals surface area contributed by atoms with Gasteiger partial charge in [-0.1, -0.05) is 32.9 Å². The number of aromatic nitrogens is 1. The second kappa shape index (κ2) is 13.5. The van der Waals surface area contributed by atoms with E-state index in [4.69, 9.17) is 14.2 Å². The highest BCUT2D eigenvalue weighted by Crippen LogP contribution is 2.67. The zero-order valence-electron chi connectivity index (χ0n) is 30.7. The maximum Gasteiger partial charge on any atom is 0.341 e. The van der Waals surface area contributed by atoms with Gasteiger partial charge >= 0.3 is 5.97 Å². The molecule has 8 rings (SSSR count). The van der Waals surface area contributed by atoms with E-state index in [0.717, 1.165) is 37.9 Å². The summed E-state index contributed by atoms with van der Waals surface area (Å²) >= 11 is 0. The number of amides is 1. The van der Waals surface area contributed by atoms with Gasteiger partial charge in [0.15, 0.2) is 0 Å². The third-order valence-electron chi connectivity index (χ3n) is 13.8. The number of rotatable bonds is 9. The van der Waals surface area contributed by atoms with E-state index in [1.54, 1.807) is 11.1 Å². The molecule has 5 aliphatic heterocycles. The van der Waals surface area contributed by atoms with Crippen molar-refractivity contribution in [2.75, 3.05) is 51.9 Å². The van der Waals surface area contributed by atoms with Gasteiger partial charge in [0.05, 0.1) is 50.2 Å². The first-order chi connectivity index (χ1) is 25.0. The molecule has 12 nitrogen and oxygen atoms in total. The minimum absolute atomic E-state index is 0.0153. The molecule has 6 heterocycles. The summed E-state index contributed by atoms with van der Waals surface area (Å²) in [7, 11) is 1.97. The Balaban J connectivity index is 1.16. The predicted octanol–water partition coefficient (Wildman–Crippen LogP) is 3.22. The summed E-state index contributed by atoms with van der Waals surface area (Å²) in [4.78, 5) is 37.9. The number of fused-ring (bicyclic) bond motifs is 2. The van der Waals surface area contributed by atoms with Gasteiger partial charge in [-0.3, -0.25) is 19.5 Å². The first-order valence-electron chi connectivity index (χ1n) is 19.0. The smallest absolute Gasteiger partial charge is 0.341 e. The summed E-state index contributed by atoms with van der Waals surface area (Å²) in [6, 6.07) is 5.13. The van der Waals surface area contributed by atoms with Crippen LogP contribution in [-0.2, 0) is 23.8 Å². The van der Waals surface area contributed by atoms with Gasteiger partial charge in [-0.25, -0.2) is 9.78 Å². The van der Waals surface area contributed by atoms with Gasteiger partial charge in [0, 0.05) is 36.9 Å². The predicted molar refractivity (Wildman–Crippen MR) is 193 cm³/mol. The zero-order valence-corrected chi connectivity index (χ0v) is 30.7. The van der Waals surface area contributed by atoms with Crippen molar-refractivity contribution in [3.8, 4) is 0 Å². The van der Waals surface area contributed by atoms with E-state index in [0.29, 0.717) is 49.8 Å². The molecule has 2 saturated carbocycles. The van der Waals surface area contributed by atoms with E-state index in [-0.39, 0.29) is 48.0 Å². The van der Waals surface area contributed by atoms with Crippen LogP contribution < -0.4 is 5.32 Å². The molecule has 10 atom stereocenters. The zero-order chi connectivity index (χ0) is 36.4. The van der Waals surface area contributed by atoms with E-state index in [1.807, 2.05) is 69.6 Å². The summed E-state index contributed by atoms with van der Waals surface area (Å²) in [5.41, 5.74) is -0.131. The number of hydrogen-bond acceptors (Lipinski definition) is 11. The number of esters is 1. The molecule has 52 heavy (non-hydrogen) atoms. The average molecular weight is 716 g/mol. The van der Waals surface area contributed by atoms with E-state index < -0.39 is 29.1 Å². The SMILES string of the molecule is CCC1C(=O)N2C=C(C=C3C=C(C(CC4C5(CO5)C(N5CCOCC5)CC5[C@]4(C)CC[C@@H](O)[C@@]5(C)CO)Nc4ccccn4)C(=O)O3)C=CC2N1C. The highest BCUT2D eigenvalue weighted by atomic mass is 16.6. The average Bonchev–Trinajstić information content (AvgIpc) is 3.79. The fourth-order valence-corrected chi connectivity index (χ4v) is 10.8. The van der Waals surface area contributed by atoms with Crippen molar-refractivity contribution >= 4 is 17.7 Å². The van der Waals surface area contributed by atoms with Crippen LogP contribution in [0.25, 0.3) is 0 Å². The van der Waals surface area contributed by atoms with Gasteiger partial charge < -0.3 is 29.7 Å². The lowest BCUT2D eigenvalue weighted by atomic mass is 9.43. The number of morpholine rings is 1. The summed E-state index contributed by atoms with van der Waals surface area (Å²) in [6.07, 6.45) is 13.9. The number of hydrogen-bond donors (Lipinski definition) is 3. The molecule has 3 saturated heterocycles. The number of pyridine rings is 1. The van der Waals surface area contributed by atoms with Crippen LogP contribution in [0, 0.1) is 22.7 Å². The van der Waals surface area contributed by atoms with Gasteiger partial charge in [-0.05, 0) is 92.3 Å². The van der Waals surface area contributed by atoms with Gasteiger partial charge in [0.1, 0.15) is 23.3 Å². The number of aliphatic hydroxyl groups excluding tert-OH is 2. The number of likely N-dealkylation sites (N-methyl/N-ethyl adjacent to an activating group) is 1. The van der Waals surface area contributed by atoms with Gasteiger partial charge in [-0.15, -0.1) is 0 Å². The second-order valence-corrected chi connectivity index (χ2v) is 16.4. The largest absolute Gasteiger partial charge is 0.423 e. The molecule has 0 aromatic carbocycles. The summed E-state index contributed by atoms with van der Waals surface area (Å²) in [5, 5.41) is 25.9. The van der Waals surface area contributed by atoms with E-state index in [2.05, 4.69) is 27.0 Å². The molecule has 5 fully saturated rings. The van der Waals surface area contributed by atoms with Gasteiger partial charge in [0.25, 0.3) is 0 Å². The molecule has 7 aliphatic rings. The summed E-state index contributed by atoms with van der Waals surface area (Å²) in [6.45, 7) is 9.82. The van der Waals surface area contributed by atoms with Crippen LogP contribution in [0.1, 0.15) is 52.9 Å². The van der Waals surface area contributed by atoms with Crippen molar-refractivity contribution in [1.29, 1.82) is 0 Å². The van der Waals surface area contributed by atoms with Crippen LogP contribution in [0.4, 0.5) is 5.82 Å². The molecule has 1 amide bonds. The summed E-state index contributed by atoms with van der Waals surface area (Å²) in [5.74, 6) is 0.709. The van der Waals surface area contributed by atoms with Crippen LogP contribution in [0.3, 0.4) is 0 Å². The van der Waals surface area contributed by atoms with Crippen LogP contribution >= 0.6 is 0 Å².